The van der Waals surface area contributed by atoms with Crippen LogP contribution in [0.4, 0.5) is 0 Å². The minimum atomic E-state index is 0.129. The van der Waals surface area contributed by atoms with E-state index >= 15 is 0 Å². The van der Waals surface area contributed by atoms with Crippen LogP contribution < -0.4 is 5.73 Å². The van der Waals surface area contributed by atoms with Crippen LogP contribution in [0.25, 0.3) is 0 Å². The van der Waals surface area contributed by atoms with Gasteiger partial charge in [-0.05, 0) is 31.5 Å². The Labute approximate surface area is 136 Å². The Kier molecular flexibility index (Phi) is 6.92. The van der Waals surface area contributed by atoms with E-state index in [2.05, 4.69) is 22.8 Å². The third kappa shape index (κ3) is 4.65. The van der Waals surface area contributed by atoms with Gasteiger partial charge >= 0.3 is 0 Å². The van der Waals surface area contributed by atoms with Crippen LogP contribution in [0.3, 0.4) is 0 Å². The molecule has 2 atom stereocenters. The molecule has 1 aromatic rings. The molecule has 0 aliphatic carbocycles. The molecular formula is C15H26ClN3OS. The predicted molar refractivity (Wildman–Crippen MR) is 90.1 cm³/mol. The van der Waals surface area contributed by atoms with Crippen LogP contribution in [0.2, 0.25) is 4.34 Å². The highest BCUT2D eigenvalue weighted by Gasteiger charge is 2.28. The molecule has 0 radical (unpaired) electrons. The number of hydrogen-bond acceptors (Lipinski definition) is 5. The predicted octanol–water partition coefficient (Wildman–Crippen LogP) is 2.18. The highest BCUT2D eigenvalue weighted by molar-refractivity contribution is 7.16. The summed E-state index contributed by atoms with van der Waals surface area (Å²) in [6.45, 7) is 7.23. The lowest BCUT2D eigenvalue weighted by Crippen LogP contribution is -2.42. The molecule has 1 aromatic heterocycles. The van der Waals surface area contributed by atoms with E-state index in [1.54, 1.807) is 11.3 Å². The molecule has 0 aromatic carbocycles. The van der Waals surface area contributed by atoms with Crippen LogP contribution >= 0.6 is 22.9 Å². The normalized spacial score (nSPS) is 21.1. The van der Waals surface area contributed by atoms with Gasteiger partial charge in [-0.25, -0.2) is 0 Å². The van der Waals surface area contributed by atoms with Crippen LogP contribution in [0.5, 0.6) is 0 Å². The van der Waals surface area contributed by atoms with E-state index in [1.807, 2.05) is 6.07 Å². The van der Waals surface area contributed by atoms with Gasteiger partial charge in [-0.1, -0.05) is 18.5 Å². The lowest BCUT2D eigenvalue weighted by Gasteiger charge is -2.34. The summed E-state index contributed by atoms with van der Waals surface area (Å²) in [6.07, 6.45) is 2.07. The summed E-state index contributed by atoms with van der Waals surface area (Å²) in [6, 6.07) is 4.46. The van der Waals surface area contributed by atoms with Gasteiger partial charge in [-0.15, -0.1) is 11.3 Å². The smallest absolute Gasteiger partial charge is 0.0931 e. The van der Waals surface area contributed by atoms with Gasteiger partial charge in [0.05, 0.1) is 17.0 Å². The van der Waals surface area contributed by atoms with E-state index in [0.717, 1.165) is 49.9 Å². The first-order valence-corrected chi connectivity index (χ1v) is 8.93. The molecule has 6 heteroatoms. The maximum atomic E-state index is 9.10. The maximum absolute atomic E-state index is 9.10. The summed E-state index contributed by atoms with van der Waals surface area (Å²) in [7, 11) is 0. The van der Waals surface area contributed by atoms with Crippen molar-refractivity contribution >= 4 is 22.9 Å². The number of β-amino-alcohol motifs (C(OH)–C–C–N with tert-alkyl or cyclic N) is 1. The first kappa shape index (κ1) is 17.2. The van der Waals surface area contributed by atoms with Crippen molar-refractivity contribution in [3.05, 3.63) is 21.3 Å². The molecule has 1 aliphatic rings. The van der Waals surface area contributed by atoms with Crippen LogP contribution in [0.15, 0.2) is 12.1 Å². The van der Waals surface area contributed by atoms with Crippen molar-refractivity contribution in [1.82, 2.24) is 9.80 Å². The molecule has 21 heavy (non-hydrogen) atoms. The highest BCUT2D eigenvalue weighted by atomic mass is 35.5. The Bertz CT molecular complexity index is 429. The van der Waals surface area contributed by atoms with Gasteiger partial charge in [-0.3, -0.25) is 9.80 Å². The fourth-order valence-corrected chi connectivity index (χ4v) is 4.28. The van der Waals surface area contributed by atoms with Crippen molar-refractivity contribution in [2.75, 3.05) is 39.3 Å². The zero-order chi connectivity index (χ0) is 15.2. The molecule has 3 N–H and O–H groups in total. The zero-order valence-corrected chi connectivity index (χ0v) is 14.2. The van der Waals surface area contributed by atoms with Crippen molar-refractivity contribution < 1.29 is 5.11 Å². The Hall–Kier alpha value is -0.170. The minimum absolute atomic E-state index is 0.129. The third-order valence-electron chi connectivity index (χ3n) is 4.20. The summed E-state index contributed by atoms with van der Waals surface area (Å²) < 4.78 is 0.829. The summed E-state index contributed by atoms with van der Waals surface area (Å²) in [4.78, 5) is 6.09. The number of thiophene rings is 1. The summed E-state index contributed by atoms with van der Waals surface area (Å²) in [5.41, 5.74) is 6.40. The van der Waals surface area contributed by atoms with E-state index in [1.165, 1.54) is 4.88 Å². The molecule has 4 nitrogen and oxygen atoms in total. The first-order valence-electron chi connectivity index (χ1n) is 7.73. The number of rotatable bonds is 6. The number of aliphatic hydroxyl groups is 1. The molecule has 0 saturated carbocycles. The first-order chi connectivity index (χ1) is 10.2. The third-order valence-corrected chi connectivity index (χ3v) is 5.50. The largest absolute Gasteiger partial charge is 0.395 e. The summed E-state index contributed by atoms with van der Waals surface area (Å²) >= 11 is 7.75. The van der Waals surface area contributed by atoms with Crippen molar-refractivity contribution in [1.29, 1.82) is 0 Å². The van der Waals surface area contributed by atoms with Gasteiger partial charge in [0.2, 0.25) is 0 Å². The summed E-state index contributed by atoms with van der Waals surface area (Å²) in [5.74, 6) is 0. The zero-order valence-electron chi connectivity index (χ0n) is 12.7. The average Bonchev–Trinajstić information content (AvgIpc) is 2.76. The second-order valence-electron chi connectivity index (χ2n) is 5.61. The Balaban J connectivity index is 2.10. The van der Waals surface area contributed by atoms with Crippen LogP contribution in [-0.4, -0.2) is 60.3 Å². The van der Waals surface area contributed by atoms with Gasteiger partial charge in [0.1, 0.15) is 0 Å². The maximum Gasteiger partial charge on any atom is 0.0931 e. The molecule has 2 rings (SSSR count). The lowest BCUT2D eigenvalue weighted by molar-refractivity contribution is 0.166. The molecule has 1 aliphatic heterocycles. The standard InChI is InChI=1S/C15H26ClN3OS/c1-2-12(17)15(13-4-5-14(16)21-13)19-7-3-6-18(8-9-19)10-11-20/h4-5,12,15,20H,2-3,6-11,17H2,1H3. The molecule has 1 fully saturated rings. The van der Waals surface area contributed by atoms with Crippen molar-refractivity contribution in [3.8, 4) is 0 Å². The van der Waals surface area contributed by atoms with E-state index in [4.69, 9.17) is 22.4 Å². The lowest BCUT2D eigenvalue weighted by atomic mass is 10.0. The second kappa shape index (κ2) is 8.46. The van der Waals surface area contributed by atoms with Crippen LogP contribution in [0, 0.1) is 0 Å². The molecule has 1 saturated heterocycles. The van der Waals surface area contributed by atoms with E-state index in [-0.39, 0.29) is 18.7 Å². The van der Waals surface area contributed by atoms with E-state index < -0.39 is 0 Å². The van der Waals surface area contributed by atoms with Gasteiger partial charge in [0.25, 0.3) is 0 Å². The molecule has 2 unspecified atom stereocenters. The fraction of sp³-hybridized carbons (Fsp3) is 0.733. The SMILES string of the molecule is CCC(N)C(c1ccc(Cl)s1)N1CCCN(CCO)CC1. The number of hydrogen-bond donors (Lipinski definition) is 2. The van der Waals surface area contributed by atoms with E-state index in [0.29, 0.717) is 0 Å². The Morgan fingerprint density at radius 3 is 2.76 bits per heavy atom. The van der Waals surface area contributed by atoms with Crippen molar-refractivity contribution in [3.63, 3.8) is 0 Å². The molecule has 120 valence electrons. The highest BCUT2D eigenvalue weighted by Crippen LogP contribution is 2.33. The number of nitrogens with zero attached hydrogens (tertiary/aromatic N) is 2. The van der Waals surface area contributed by atoms with E-state index in [9.17, 15) is 0 Å². The number of halogens is 1. The van der Waals surface area contributed by atoms with Gasteiger partial charge in [0.15, 0.2) is 0 Å². The average molecular weight is 332 g/mol. The quantitative estimate of drug-likeness (QED) is 0.839. The van der Waals surface area contributed by atoms with Gasteiger partial charge < -0.3 is 10.8 Å². The van der Waals surface area contributed by atoms with Crippen molar-refractivity contribution in [2.24, 2.45) is 5.73 Å². The van der Waals surface area contributed by atoms with Crippen LogP contribution in [0.1, 0.15) is 30.7 Å². The molecular weight excluding hydrogens is 306 g/mol. The topological polar surface area (TPSA) is 52.7 Å². The second-order valence-corrected chi connectivity index (χ2v) is 7.36. The molecule has 0 spiro atoms. The Morgan fingerprint density at radius 1 is 1.33 bits per heavy atom. The minimum Gasteiger partial charge on any atom is -0.395 e. The van der Waals surface area contributed by atoms with Gasteiger partial charge in [-0.2, -0.15) is 0 Å². The molecule has 0 amide bonds. The Morgan fingerprint density at radius 2 is 2.14 bits per heavy atom. The number of aliphatic hydroxyl groups excluding tert-OH is 1. The van der Waals surface area contributed by atoms with Crippen LogP contribution in [-0.2, 0) is 0 Å². The monoisotopic (exact) mass is 331 g/mol. The molecule has 2 heterocycles. The van der Waals surface area contributed by atoms with Gasteiger partial charge in [0, 0.05) is 37.1 Å². The molecule has 0 bridgehead atoms. The van der Waals surface area contributed by atoms with Crippen molar-refractivity contribution in [2.45, 2.75) is 31.8 Å². The summed E-state index contributed by atoms with van der Waals surface area (Å²) in [5, 5.41) is 9.10. The number of nitrogens with two attached hydrogens (primary N) is 1. The fourth-order valence-electron chi connectivity index (χ4n) is 3.01.